The van der Waals surface area contributed by atoms with Crippen LogP contribution < -0.4 is 9.80 Å². The molecule has 2 aromatic carbocycles. The number of aryl methyl sites for hydroxylation is 1. The summed E-state index contributed by atoms with van der Waals surface area (Å²) in [7, 11) is 1.42. The molecule has 1 fully saturated rings. The van der Waals surface area contributed by atoms with Gasteiger partial charge in [-0.3, -0.25) is 4.79 Å². The topological polar surface area (TPSA) is 56.7 Å². The number of likely N-dealkylation sites (N-methyl/N-ethyl adjacent to an activating group) is 1. The van der Waals surface area contributed by atoms with E-state index in [1.54, 1.807) is 6.07 Å². The van der Waals surface area contributed by atoms with Gasteiger partial charge in [0.05, 0.1) is 34.5 Å². The number of pyridine rings is 1. The Morgan fingerprint density at radius 1 is 0.950 bits per heavy atom. The first kappa shape index (κ1) is 29.4. The highest BCUT2D eigenvalue weighted by Crippen LogP contribution is 2.41. The quantitative estimate of drug-likeness (QED) is 0.354. The van der Waals surface area contributed by atoms with Gasteiger partial charge in [-0.15, -0.1) is 0 Å². The molecule has 2 heterocycles. The highest BCUT2D eigenvalue weighted by molar-refractivity contribution is 6.03. The number of carbonyl (C=O) groups is 1. The van der Waals surface area contributed by atoms with Gasteiger partial charge in [-0.2, -0.15) is 26.3 Å². The van der Waals surface area contributed by atoms with E-state index in [0.29, 0.717) is 48.7 Å². The van der Waals surface area contributed by atoms with Crippen LogP contribution in [0.2, 0.25) is 0 Å². The maximum atomic E-state index is 13.8. The second-order valence-electron chi connectivity index (χ2n) is 10.5. The number of hydrogen-bond acceptors (Lipinski definition) is 4. The standard InChI is InChI=1S/C29H29F6N3O2/c1-17-7-5-6-8-22(17)23-14-25(38-10-9-21(39)16-38)36-15-24(23)37(4)26(40)27(2,3)18-11-19(28(30,31)32)13-20(12-18)29(33,34)35/h5-8,11-15,21,39H,9-10,16H2,1-4H3. The summed E-state index contributed by atoms with van der Waals surface area (Å²) in [6.07, 6.45) is -8.54. The number of aliphatic hydroxyl groups is 1. The molecule has 1 aromatic heterocycles. The zero-order chi connectivity index (χ0) is 29.6. The van der Waals surface area contributed by atoms with Crippen molar-refractivity contribution in [1.29, 1.82) is 0 Å². The lowest BCUT2D eigenvalue weighted by Gasteiger charge is -2.32. The molecule has 4 rings (SSSR count). The van der Waals surface area contributed by atoms with Gasteiger partial charge in [0.15, 0.2) is 0 Å². The van der Waals surface area contributed by atoms with E-state index in [0.717, 1.165) is 11.1 Å². The molecule has 1 N–H and O–H groups in total. The fraction of sp³-hybridized carbons (Fsp3) is 0.379. The number of benzene rings is 2. The third-order valence-electron chi connectivity index (χ3n) is 7.30. The Labute approximate surface area is 228 Å². The van der Waals surface area contributed by atoms with Crippen molar-refractivity contribution in [2.45, 2.75) is 51.1 Å². The zero-order valence-electron chi connectivity index (χ0n) is 22.4. The van der Waals surface area contributed by atoms with Crippen LogP contribution in [0.3, 0.4) is 0 Å². The van der Waals surface area contributed by atoms with Crippen molar-refractivity contribution in [2.75, 3.05) is 29.9 Å². The minimum absolute atomic E-state index is 0.0436. The summed E-state index contributed by atoms with van der Waals surface area (Å²) in [5.74, 6) is -0.146. The summed E-state index contributed by atoms with van der Waals surface area (Å²) in [5.41, 5.74) is -2.56. The molecule has 0 aliphatic carbocycles. The third kappa shape index (κ3) is 5.79. The van der Waals surface area contributed by atoms with Gasteiger partial charge in [0.2, 0.25) is 5.91 Å². The highest BCUT2D eigenvalue weighted by atomic mass is 19.4. The van der Waals surface area contributed by atoms with Crippen LogP contribution in [0.25, 0.3) is 11.1 Å². The lowest BCUT2D eigenvalue weighted by atomic mass is 9.81. The van der Waals surface area contributed by atoms with E-state index in [1.807, 2.05) is 36.1 Å². The van der Waals surface area contributed by atoms with Gasteiger partial charge < -0.3 is 14.9 Å². The number of anilines is 2. The molecule has 5 nitrogen and oxygen atoms in total. The average Bonchev–Trinajstić information content (AvgIpc) is 3.32. The first-order valence-corrected chi connectivity index (χ1v) is 12.6. The Balaban J connectivity index is 1.81. The van der Waals surface area contributed by atoms with Crippen LogP contribution in [0.15, 0.2) is 54.7 Å². The van der Waals surface area contributed by atoms with Crippen LogP contribution >= 0.6 is 0 Å². The van der Waals surface area contributed by atoms with Gasteiger partial charge >= 0.3 is 12.4 Å². The second kappa shape index (κ2) is 10.4. The van der Waals surface area contributed by atoms with E-state index in [4.69, 9.17) is 0 Å². The molecule has 3 aromatic rings. The summed E-state index contributed by atoms with van der Waals surface area (Å²) < 4.78 is 81.2. The van der Waals surface area contributed by atoms with Gasteiger partial charge in [0.1, 0.15) is 5.82 Å². The van der Waals surface area contributed by atoms with Crippen molar-refractivity contribution in [1.82, 2.24) is 4.98 Å². The predicted molar refractivity (Wildman–Crippen MR) is 140 cm³/mol. The maximum absolute atomic E-state index is 13.8. The molecular formula is C29H29F6N3O2. The molecule has 0 spiro atoms. The van der Waals surface area contributed by atoms with Crippen LogP contribution in [0.1, 0.15) is 42.5 Å². The Morgan fingerprint density at radius 3 is 2.05 bits per heavy atom. The Bertz CT molecular complexity index is 1390. The van der Waals surface area contributed by atoms with Crippen molar-refractivity contribution in [2.24, 2.45) is 0 Å². The fourth-order valence-corrected chi connectivity index (χ4v) is 4.89. The number of aromatic nitrogens is 1. The van der Waals surface area contributed by atoms with E-state index in [2.05, 4.69) is 4.98 Å². The molecule has 11 heteroatoms. The molecule has 0 bridgehead atoms. The van der Waals surface area contributed by atoms with Crippen molar-refractivity contribution < 1.29 is 36.2 Å². The van der Waals surface area contributed by atoms with Crippen LogP contribution in [-0.4, -0.2) is 42.2 Å². The molecule has 0 saturated carbocycles. The molecule has 1 unspecified atom stereocenters. The number of carbonyl (C=O) groups excluding carboxylic acids is 1. The Kier molecular flexibility index (Phi) is 7.66. The Hall–Kier alpha value is -3.60. The minimum Gasteiger partial charge on any atom is -0.391 e. The first-order valence-electron chi connectivity index (χ1n) is 12.6. The summed E-state index contributed by atoms with van der Waals surface area (Å²) in [5, 5.41) is 9.98. The van der Waals surface area contributed by atoms with Crippen LogP contribution in [0.5, 0.6) is 0 Å². The second-order valence-corrected chi connectivity index (χ2v) is 10.5. The largest absolute Gasteiger partial charge is 0.416 e. The summed E-state index contributed by atoms with van der Waals surface area (Å²) in [6.45, 7) is 5.44. The number of alkyl halides is 6. The molecule has 214 valence electrons. The van der Waals surface area contributed by atoms with E-state index >= 15 is 0 Å². The maximum Gasteiger partial charge on any atom is 0.416 e. The number of rotatable bonds is 5. The minimum atomic E-state index is -5.04. The molecular weight excluding hydrogens is 536 g/mol. The van der Waals surface area contributed by atoms with Crippen LogP contribution in [0.4, 0.5) is 37.8 Å². The highest BCUT2D eigenvalue weighted by Gasteiger charge is 2.41. The number of halogens is 6. The summed E-state index contributed by atoms with van der Waals surface area (Å²) in [6, 6.07) is 10.4. The van der Waals surface area contributed by atoms with Crippen molar-refractivity contribution in [3.8, 4) is 11.1 Å². The number of aliphatic hydroxyl groups excluding tert-OH is 1. The Morgan fingerprint density at radius 2 is 1.52 bits per heavy atom. The normalized spacial score (nSPS) is 16.4. The molecule has 1 aliphatic heterocycles. The van der Waals surface area contributed by atoms with E-state index < -0.39 is 46.5 Å². The molecule has 1 atom stereocenters. The van der Waals surface area contributed by atoms with Gasteiger partial charge in [-0.1, -0.05) is 24.3 Å². The van der Waals surface area contributed by atoms with E-state index in [1.165, 1.54) is 32.0 Å². The molecule has 1 amide bonds. The van der Waals surface area contributed by atoms with Crippen molar-refractivity contribution in [3.05, 3.63) is 77.0 Å². The van der Waals surface area contributed by atoms with Gasteiger partial charge in [-0.25, -0.2) is 4.98 Å². The number of nitrogens with zero attached hydrogens (tertiary/aromatic N) is 3. The zero-order valence-corrected chi connectivity index (χ0v) is 22.4. The average molecular weight is 566 g/mol. The summed E-state index contributed by atoms with van der Waals surface area (Å²) >= 11 is 0. The van der Waals surface area contributed by atoms with Crippen molar-refractivity contribution in [3.63, 3.8) is 0 Å². The lowest BCUT2D eigenvalue weighted by Crippen LogP contribution is -2.42. The van der Waals surface area contributed by atoms with Gasteiger partial charge in [0, 0.05) is 25.7 Å². The molecule has 1 saturated heterocycles. The third-order valence-corrected chi connectivity index (χ3v) is 7.30. The van der Waals surface area contributed by atoms with Crippen LogP contribution in [-0.2, 0) is 22.6 Å². The van der Waals surface area contributed by atoms with Gasteiger partial charge in [-0.05, 0) is 68.1 Å². The number of hydrogen-bond donors (Lipinski definition) is 1. The first-order chi connectivity index (χ1) is 18.5. The predicted octanol–water partition coefficient (Wildman–Crippen LogP) is 6.61. The van der Waals surface area contributed by atoms with E-state index in [9.17, 15) is 36.2 Å². The molecule has 40 heavy (non-hydrogen) atoms. The smallest absolute Gasteiger partial charge is 0.391 e. The van der Waals surface area contributed by atoms with E-state index in [-0.39, 0.29) is 6.07 Å². The number of β-amino-alcohol motifs (C(OH)–C–C–N with tert-alkyl or cyclic N) is 1. The molecule has 1 aliphatic rings. The SMILES string of the molecule is Cc1ccccc1-c1cc(N2CCC(O)C2)ncc1N(C)C(=O)C(C)(C)c1cc(C(F)(F)F)cc(C(F)(F)F)c1. The van der Waals surface area contributed by atoms with Crippen LogP contribution in [0, 0.1) is 6.92 Å². The molecule has 0 radical (unpaired) electrons. The monoisotopic (exact) mass is 565 g/mol. The summed E-state index contributed by atoms with van der Waals surface area (Å²) in [4.78, 5) is 21.4. The lowest BCUT2D eigenvalue weighted by molar-refractivity contribution is -0.143. The van der Waals surface area contributed by atoms with Gasteiger partial charge in [0.25, 0.3) is 0 Å². The number of amides is 1. The fourth-order valence-electron chi connectivity index (χ4n) is 4.89. The van der Waals surface area contributed by atoms with Crippen molar-refractivity contribution >= 4 is 17.4 Å².